The lowest BCUT2D eigenvalue weighted by atomic mass is 10.00. The van der Waals surface area contributed by atoms with Gasteiger partial charge < -0.3 is 9.32 Å². The first-order valence-electron chi connectivity index (χ1n) is 8.42. The van der Waals surface area contributed by atoms with Gasteiger partial charge >= 0.3 is 0 Å². The Morgan fingerprint density at radius 3 is 2.71 bits per heavy atom. The standard InChI is InChI=1S/C21H20FNO/c1-3-14-8-4-5-12-18(14)23(2)19-13-7-10-16-15-9-6-11-17(22)20(15)24-21(16)19/h4-5,7-8,10-13H,3,6,9H2,1-2H3. The van der Waals surface area contributed by atoms with Crippen LogP contribution < -0.4 is 4.90 Å². The summed E-state index contributed by atoms with van der Waals surface area (Å²) >= 11 is 0. The zero-order valence-corrected chi connectivity index (χ0v) is 14.0. The third-order valence-electron chi connectivity index (χ3n) is 4.83. The van der Waals surface area contributed by atoms with Crippen LogP contribution in [0.15, 0.2) is 53.0 Å². The summed E-state index contributed by atoms with van der Waals surface area (Å²) in [6.07, 6.45) is 4.13. The fraction of sp³-hybridized carbons (Fsp3) is 0.238. The molecule has 0 spiro atoms. The number of benzene rings is 2. The zero-order valence-electron chi connectivity index (χ0n) is 14.0. The summed E-state index contributed by atoms with van der Waals surface area (Å²) < 4.78 is 20.1. The van der Waals surface area contributed by atoms with Gasteiger partial charge in [-0.2, -0.15) is 0 Å². The molecule has 1 heterocycles. The Hall–Kier alpha value is -2.55. The molecule has 0 aliphatic heterocycles. The van der Waals surface area contributed by atoms with Crippen LogP contribution in [0.5, 0.6) is 0 Å². The van der Waals surface area contributed by atoms with Gasteiger partial charge in [0.25, 0.3) is 0 Å². The average molecular weight is 321 g/mol. The second-order valence-electron chi connectivity index (χ2n) is 6.20. The van der Waals surface area contributed by atoms with Gasteiger partial charge in [0.2, 0.25) is 0 Å². The predicted octanol–water partition coefficient (Wildman–Crippen LogP) is 6.02. The summed E-state index contributed by atoms with van der Waals surface area (Å²) in [7, 11) is 2.04. The number of nitrogens with zero attached hydrogens (tertiary/aromatic N) is 1. The van der Waals surface area contributed by atoms with Crippen LogP contribution in [0.25, 0.3) is 16.8 Å². The summed E-state index contributed by atoms with van der Waals surface area (Å²) in [6, 6.07) is 14.4. The molecule has 24 heavy (non-hydrogen) atoms. The molecule has 1 aromatic heterocycles. The highest BCUT2D eigenvalue weighted by molar-refractivity contribution is 5.96. The zero-order chi connectivity index (χ0) is 16.7. The topological polar surface area (TPSA) is 16.4 Å². The molecule has 0 unspecified atom stereocenters. The van der Waals surface area contributed by atoms with E-state index >= 15 is 0 Å². The fourth-order valence-corrected chi connectivity index (χ4v) is 3.56. The molecule has 0 atom stereocenters. The predicted molar refractivity (Wildman–Crippen MR) is 97.5 cm³/mol. The van der Waals surface area contributed by atoms with Gasteiger partial charge in [-0.15, -0.1) is 0 Å². The average Bonchev–Trinajstić information content (AvgIpc) is 3.01. The Morgan fingerprint density at radius 1 is 1.08 bits per heavy atom. The highest BCUT2D eigenvalue weighted by atomic mass is 19.1. The summed E-state index contributed by atoms with van der Waals surface area (Å²) in [6.45, 7) is 2.15. The number of para-hydroxylation sites is 2. The van der Waals surface area contributed by atoms with Crippen molar-refractivity contribution in [1.29, 1.82) is 0 Å². The lowest BCUT2D eigenvalue weighted by Crippen LogP contribution is -2.11. The van der Waals surface area contributed by atoms with E-state index in [0.717, 1.165) is 47.2 Å². The number of halogens is 1. The lowest BCUT2D eigenvalue weighted by molar-refractivity contribution is 0.558. The first kappa shape index (κ1) is 15.0. The summed E-state index contributed by atoms with van der Waals surface area (Å²) in [4.78, 5) is 2.14. The molecule has 4 rings (SSSR count). The van der Waals surface area contributed by atoms with Crippen molar-refractivity contribution < 1.29 is 8.81 Å². The second kappa shape index (κ2) is 5.82. The summed E-state index contributed by atoms with van der Waals surface area (Å²) in [5, 5.41) is 1.02. The van der Waals surface area contributed by atoms with Crippen LogP contribution in [-0.4, -0.2) is 7.05 Å². The van der Waals surface area contributed by atoms with Crippen molar-refractivity contribution >= 4 is 28.2 Å². The molecule has 0 radical (unpaired) electrons. The minimum Gasteiger partial charge on any atom is -0.451 e. The molecule has 0 N–H and O–H groups in total. The van der Waals surface area contributed by atoms with Crippen molar-refractivity contribution in [3.05, 3.63) is 65.4 Å². The van der Waals surface area contributed by atoms with Crippen molar-refractivity contribution in [2.24, 2.45) is 0 Å². The van der Waals surface area contributed by atoms with E-state index in [2.05, 4.69) is 30.0 Å². The first-order valence-corrected chi connectivity index (χ1v) is 8.42. The van der Waals surface area contributed by atoms with Crippen LogP contribution in [0.4, 0.5) is 15.8 Å². The highest BCUT2D eigenvalue weighted by Crippen LogP contribution is 2.41. The third kappa shape index (κ3) is 2.23. The number of anilines is 2. The van der Waals surface area contributed by atoms with E-state index in [9.17, 15) is 4.39 Å². The van der Waals surface area contributed by atoms with Gasteiger partial charge in [-0.05, 0) is 43.0 Å². The lowest BCUT2D eigenvalue weighted by Gasteiger charge is -2.22. The SMILES string of the molecule is CCc1ccccc1N(C)c1cccc2c3c(oc12)C(F)=CCC3. The smallest absolute Gasteiger partial charge is 0.166 e. The number of aryl methyl sites for hydroxylation is 2. The molecule has 3 heteroatoms. The molecule has 1 aliphatic carbocycles. The number of allylic oxidation sites excluding steroid dienone is 1. The van der Waals surface area contributed by atoms with Gasteiger partial charge in [-0.3, -0.25) is 0 Å². The Bertz CT molecular complexity index is 938. The van der Waals surface area contributed by atoms with Gasteiger partial charge in [0.05, 0.1) is 5.69 Å². The Morgan fingerprint density at radius 2 is 1.88 bits per heavy atom. The van der Waals surface area contributed by atoms with Crippen molar-refractivity contribution in [3.63, 3.8) is 0 Å². The number of rotatable bonds is 3. The normalized spacial score (nSPS) is 13.7. The molecule has 2 nitrogen and oxygen atoms in total. The maximum atomic E-state index is 14.1. The van der Waals surface area contributed by atoms with Crippen LogP contribution >= 0.6 is 0 Å². The monoisotopic (exact) mass is 321 g/mol. The van der Waals surface area contributed by atoms with Crippen LogP contribution in [0.1, 0.15) is 30.2 Å². The number of furan rings is 1. The van der Waals surface area contributed by atoms with Crippen molar-refractivity contribution in [3.8, 4) is 0 Å². The Balaban J connectivity index is 1.90. The molecule has 122 valence electrons. The van der Waals surface area contributed by atoms with Gasteiger partial charge in [-0.25, -0.2) is 4.39 Å². The van der Waals surface area contributed by atoms with Gasteiger partial charge in [0.1, 0.15) is 0 Å². The van der Waals surface area contributed by atoms with Crippen LogP contribution in [0.2, 0.25) is 0 Å². The number of hydrogen-bond acceptors (Lipinski definition) is 2. The molecule has 0 bridgehead atoms. The van der Waals surface area contributed by atoms with Gasteiger partial charge in [0.15, 0.2) is 17.2 Å². The second-order valence-corrected chi connectivity index (χ2v) is 6.20. The van der Waals surface area contributed by atoms with Crippen LogP contribution in [-0.2, 0) is 12.8 Å². The third-order valence-corrected chi connectivity index (χ3v) is 4.83. The van der Waals surface area contributed by atoms with E-state index in [1.807, 2.05) is 31.3 Å². The largest absolute Gasteiger partial charge is 0.451 e. The van der Waals surface area contributed by atoms with Crippen molar-refractivity contribution in [1.82, 2.24) is 0 Å². The van der Waals surface area contributed by atoms with Crippen molar-refractivity contribution in [2.45, 2.75) is 26.2 Å². The van der Waals surface area contributed by atoms with Crippen molar-refractivity contribution in [2.75, 3.05) is 11.9 Å². The molecular weight excluding hydrogens is 301 g/mol. The van der Waals surface area contributed by atoms with Gasteiger partial charge in [-0.1, -0.05) is 37.3 Å². The number of hydrogen-bond donors (Lipinski definition) is 0. The molecule has 1 aliphatic rings. The minimum atomic E-state index is -0.241. The molecule has 0 fully saturated rings. The maximum Gasteiger partial charge on any atom is 0.166 e. The first-order chi connectivity index (χ1) is 11.7. The molecule has 0 amide bonds. The van der Waals surface area contributed by atoms with E-state index in [1.165, 1.54) is 5.56 Å². The minimum absolute atomic E-state index is 0.241. The van der Waals surface area contributed by atoms with Crippen LogP contribution in [0.3, 0.4) is 0 Å². The Kier molecular flexibility index (Phi) is 3.64. The van der Waals surface area contributed by atoms with E-state index in [0.29, 0.717) is 5.76 Å². The molecular formula is C21H20FNO. The van der Waals surface area contributed by atoms with E-state index in [-0.39, 0.29) is 5.83 Å². The van der Waals surface area contributed by atoms with E-state index in [4.69, 9.17) is 4.42 Å². The summed E-state index contributed by atoms with van der Waals surface area (Å²) in [5.41, 5.74) is 5.15. The molecule has 0 saturated carbocycles. The molecule has 2 aromatic carbocycles. The highest BCUT2D eigenvalue weighted by Gasteiger charge is 2.23. The molecule has 3 aromatic rings. The molecule has 0 saturated heterocycles. The maximum absolute atomic E-state index is 14.1. The number of fused-ring (bicyclic) bond motifs is 3. The Labute approximate surface area is 141 Å². The fourth-order valence-electron chi connectivity index (χ4n) is 3.56. The quantitative estimate of drug-likeness (QED) is 0.586. The summed E-state index contributed by atoms with van der Waals surface area (Å²) in [5.74, 6) is 0.163. The van der Waals surface area contributed by atoms with Gasteiger partial charge in [0, 0.05) is 23.7 Å². The van der Waals surface area contributed by atoms with E-state index < -0.39 is 0 Å². The van der Waals surface area contributed by atoms with E-state index in [1.54, 1.807) is 6.08 Å². The van der Waals surface area contributed by atoms with Crippen LogP contribution in [0, 0.1) is 0 Å².